The van der Waals surface area contributed by atoms with Gasteiger partial charge in [-0.15, -0.1) is 0 Å². The first-order chi connectivity index (χ1) is 6.88. The lowest BCUT2D eigenvalue weighted by molar-refractivity contribution is 0.0878. The molecule has 0 spiro atoms. The second-order valence-corrected chi connectivity index (χ2v) is 5.06. The molecular weight excluding hydrogens is 172 g/mol. The Kier molecular flexibility index (Phi) is 3.82. The lowest BCUT2D eigenvalue weighted by atomic mass is 9.94. The van der Waals surface area contributed by atoms with E-state index < -0.39 is 0 Å². The van der Waals surface area contributed by atoms with Crippen LogP contribution in [0.5, 0.6) is 0 Å². The highest BCUT2D eigenvalue weighted by atomic mass is 15.2. The van der Waals surface area contributed by atoms with E-state index in [1.165, 1.54) is 58.4 Å². The first-order valence-electron chi connectivity index (χ1n) is 6.31. The lowest BCUT2D eigenvalue weighted by Gasteiger charge is -2.39. The predicted molar refractivity (Wildman–Crippen MR) is 60.4 cm³/mol. The molecule has 0 radical (unpaired) electrons. The van der Waals surface area contributed by atoms with Crippen molar-refractivity contribution in [2.24, 2.45) is 11.8 Å². The largest absolute Gasteiger partial charge is 0.316 e. The second-order valence-electron chi connectivity index (χ2n) is 5.06. The SMILES string of the molecule is CCCC1CN(CCC2CCNC2)C1. The monoisotopic (exact) mass is 196 g/mol. The van der Waals surface area contributed by atoms with E-state index in [4.69, 9.17) is 0 Å². The Morgan fingerprint density at radius 2 is 2.07 bits per heavy atom. The molecule has 0 bridgehead atoms. The molecule has 0 saturated carbocycles. The van der Waals surface area contributed by atoms with Gasteiger partial charge in [-0.3, -0.25) is 0 Å². The fraction of sp³-hybridized carbons (Fsp3) is 1.00. The Morgan fingerprint density at radius 3 is 2.71 bits per heavy atom. The number of rotatable bonds is 5. The summed E-state index contributed by atoms with van der Waals surface area (Å²) >= 11 is 0. The van der Waals surface area contributed by atoms with Crippen LogP contribution in [0.3, 0.4) is 0 Å². The molecule has 2 rings (SSSR count). The summed E-state index contributed by atoms with van der Waals surface area (Å²) in [6.07, 6.45) is 5.64. The van der Waals surface area contributed by atoms with Crippen molar-refractivity contribution in [3.05, 3.63) is 0 Å². The number of hydrogen-bond donors (Lipinski definition) is 1. The number of hydrogen-bond acceptors (Lipinski definition) is 2. The van der Waals surface area contributed by atoms with Crippen LogP contribution >= 0.6 is 0 Å². The zero-order valence-electron chi connectivity index (χ0n) is 9.47. The molecule has 0 aromatic heterocycles. The van der Waals surface area contributed by atoms with Gasteiger partial charge in [-0.2, -0.15) is 0 Å². The van der Waals surface area contributed by atoms with E-state index >= 15 is 0 Å². The molecule has 2 heteroatoms. The summed E-state index contributed by atoms with van der Waals surface area (Å²) in [5, 5.41) is 3.44. The molecule has 0 aliphatic carbocycles. The summed E-state index contributed by atoms with van der Waals surface area (Å²) < 4.78 is 0. The maximum Gasteiger partial charge on any atom is 0.00220 e. The Bertz CT molecular complexity index is 158. The second kappa shape index (κ2) is 5.13. The Labute approximate surface area is 88.1 Å². The van der Waals surface area contributed by atoms with Crippen LogP contribution in [0.1, 0.15) is 32.6 Å². The number of nitrogens with zero attached hydrogens (tertiary/aromatic N) is 1. The van der Waals surface area contributed by atoms with Gasteiger partial charge in [0.1, 0.15) is 0 Å². The van der Waals surface area contributed by atoms with Crippen LogP contribution in [0.25, 0.3) is 0 Å². The molecule has 0 amide bonds. The molecule has 14 heavy (non-hydrogen) atoms. The molecule has 2 aliphatic heterocycles. The van der Waals surface area contributed by atoms with E-state index in [0.717, 1.165) is 11.8 Å². The van der Waals surface area contributed by atoms with E-state index in [2.05, 4.69) is 17.1 Å². The van der Waals surface area contributed by atoms with Crippen LogP contribution in [0.15, 0.2) is 0 Å². The van der Waals surface area contributed by atoms with Crippen LogP contribution in [-0.2, 0) is 0 Å². The fourth-order valence-electron chi connectivity index (χ4n) is 2.78. The summed E-state index contributed by atoms with van der Waals surface area (Å²) in [6.45, 7) is 8.94. The fourth-order valence-corrected chi connectivity index (χ4v) is 2.78. The Morgan fingerprint density at radius 1 is 1.21 bits per heavy atom. The van der Waals surface area contributed by atoms with E-state index in [0.29, 0.717) is 0 Å². The molecule has 2 fully saturated rings. The maximum absolute atomic E-state index is 3.44. The summed E-state index contributed by atoms with van der Waals surface area (Å²) in [7, 11) is 0. The molecule has 82 valence electrons. The van der Waals surface area contributed by atoms with Crippen LogP contribution in [0.2, 0.25) is 0 Å². The molecule has 0 aromatic rings. The summed E-state index contributed by atoms with van der Waals surface area (Å²) in [5.74, 6) is 2.00. The van der Waals surface area contributed by atoms with Crippen LogP contribution in [0, 0.1) is 11.8 Å². The minimum atomic E-state index is 0.972. The smallest absolute Gasteiger partial charge is 0.00220 e. The molecular formula is C12H24N2. The quantitative estimate of drug-likeness (QED) is 0.720. The Balaban J connectivity index is 1.51. The van der Waals surface area contributed by atoms with Gasteiger partial charge in [0.15, 0.2) is 0 Å². The van der Waals surface area contributed by atoms with Gasteiger partial charge in [-0.05, 0) is 50.7 Å². The third-order valence-electron chi connectivity index (χ3n) is 3.75. The molecule has 2 heterocycles. The first kappa shape index (κ1) is 10.4. The third-order valence-corrected chi connectivity index (χ3v) is 3.75. The van der Waals surface area contributed by atoms with Gasteiger partial charge in [0, 0.05) is 13.1 Å². The van der Waals surface area contributed by atoms with Gasteiger partial charge in [0.2, 0.25) is 0 Å². The number of nitrogens with one attached hydrogen (secondary N) is 1. The van der Waals surface area contributed by atoms with Crippen molar-refractivity contribution >= 4 is 0 Å². The minimum Gasteiger partial charge on any atom is -0.316 e. The lowest BCUT2D eigenvalue weighted by Crippen LogP contribution is -2.47. The van der Waals surface area contributed by atoms with Gasteiger partial charge < -0.3 is 10.2 Å². The van der Waals surface area contributed by atoms with Crippen LogP contribution < -0.4 is 5.32 Å². The first-order valence-corrected chi connectivity index (χ1v) is 6.31. The molecule has 1 atom stereocenters. The van der Waals surface area contributed by atoms with Crippen molar-refractivity contribution in [2.75, 3.05) is 32.7 Å². The van der Waals surface area contributed by atoms with Gasteiger partial charge in [-0.25, -0.2) is 0 Å². The molecule has 1 unspecified atom stereocenters. The standard InChI is InChI=1S/C12H24N2/c1-2-3-12-9-14(10-12)7-5-11-4-6-13-8-11/h11-13H,2-10H2,1H3. The molecule has 2 nitrogen and oxygen atoms in total. The summed E-state index contributed by atoms with van der Waals surface area (Å²) in [4.78, 5) is 2.64. The van der Waals surface area contributed by atoms with Gasteiger partial charge in [-0.1, -0.05) is 13.3 Å². The molecule has 0 aromatic carbocycles. The molecule has 2 aliphatic rings. The van der Waals surface area contributed by atoms with Crippen LogP contribution in [0.4, 0.5) is 0 Å². The average Bonchev–Trinajstić information content (AvgIpc) is 2.61. The van der Waals surface area contributed by atoms with Gasteiger partial charge >= 0.3 is 0 Å². The molecule has 2 saturated heterocycles. The van der Waals surface area contributed by atoms with Crippen molar-refractivity contribution < 1.29 is 0 Å². The van der Waals surface area contributed by atoms with E-state index in [-0.39, 0.29) is 0 Å². The van der Waals surface area contributed by atoms with Crippen molar-refractivity contribution in [1.29, 1.82) is 0 Å². The van der Waals surface area contributed by atoms with Crippen molar-refractivity contribution in [3.8, 4) is 0 Å². The predicted octanol–water partition coefficient (Wildman–Crippen LogP) is 1.72. The van der Waals surface area contributed by atoms with E-state index in [9.17, 15) is 0 Å². The topological polar surface area (TPSA) is 15.3 Å². The normalized spacial score (nSPS) is 29.4. The zero-order chi connectivity index (χ0) is 9.80. The van der Waals surface area contributed by atoms with Crippen molar-refractivity contribution in [2.45, 2.75) is 32.6 Å². The Hall–Kier alpha value is -0.0800. The number of likely N-dealkylation sites (tertiary alicyclic amines) is 1. The highest BCUT2D eigenvalue weighted by Gasteiger charge is 2.26. The highest BCUT2D eigenvalue weighted by molar-refractivity contribution is 4.81. The summed E-state index contributed by atoms with van der Waals surface area (Å²) in [5.41, 5.74) is 0. The third kappa shape index (κ3) is 2.71. The van der Waals surface area contributed by atoms with E-state index in [1.807, 2.05) is 0 Å². The van der Waals surface area contributed by atoms with Gasteiger partial charge in [0.25, 0.3) is 0 Å². The maximum atomic E-state index is 3.44. The van der Waals surface area contributed by atoms with Crippen molar-refractivity contribution in [1.82, 2.24) is 10.2 Å². The zero-order valence-corrected chi connectivity index (χ0v) is 9.47. The minimum absolute atomic E-state index is 0.972. The van der Waals surface area contributed by atoms with Crippen LogP contribution in [-0.4, -0.2) is 37.6 Å². The van der Waals surface area contributed by atoms with Crippen molar-refractivity contribution in [3.63, 3.8) is 0 Å². The molecule has 1 N–H and O–H groups in total. The average molecular weight is 196 g/mol. The van der Waals surface area contributed by atoms with E-state index in [1.54, 1.807) is 0 Å². The highest BCUT2D eigenvalue weighted by Crippen LogP contribution is 2.22. The summed E-state index contributed by atoms with van der Waals surface area (Å²) in [6, 6.07) is 0. The van der Waals surface area contributed by atoms with Gasteiger partial charge in [0.05, 0.1) is 0 Å².